The van der Waals surface area contributed by atoms with Gasteiger partial charge in [-0.3, -0.25) is 23.7 Å². The number of nitrogens with two attached hydrogens (primary N) is 1. The second kappa shape index (κ2) is 15.8. The zero-order valence-electron chi connectivity index (χ0n) is 18.2. The molecule has 1 rings (SSSR count). The number of thioether (sulfide) groups is 1. The Balaban J connectivity index is 2.79. The summed E-state index contributed by atoms with van der Waals surface area (Å²) in [5, 5.41) is 22.2. The minimum Gasteiger partial charge on any atom is -0.480 e. The first-order chi connectivity index (χ1) is 16.0. The Morgan fingerprint density at radius 2 is 1.91 bits per heavy atom. The van der Waals surface area contributed by atoms with E-state index in [0.717, 1.165) is 11.8 Å². The lowest BCUT2D eigenvalue weighted by Gasteiger charge is -2.37. The molecule has 0 radical (unpaired) electrons. The van der Waals surface area contributed by atoms with Gasteiger partial charge in [-0.25, -0.2) is 9.76 Å². The molecule has 13 nitrogen and oxygen atoms in total. The SMILES string of the molecule is N[C@@H](CCC(=O)O[C@@H](CSC1CCOP(=O)(N(CCCl)CCCl)N1)C(=O)NCC(=O)O)C(=O)O. The Bertz CT molecular complexity index is 761. The Labute approximate surface area is 210 Å². The lowest BCUT2D eigenvalue weighted by Crippen LogP contribution is -2.43. The van der Waals surface area contributed by atoms with Crippen molar-refractivity contribution in [1.82, 2.24) is 15.1 Å². The van der Waals surface area contributed by atoms with Crippen LogP contribution in [0.25, 0.3) is 0 Å². The van der Waals surface area contributed by atoms with Gasteiger partial charge < -0.3 is 30.5 Å². The van der Waals surface area contributed by atoms with E-state index in [1.54, 1.807) is 0 Å². The molecule has 1 aliphatic rings. The number of nitrogens with one attached hydrogen (secondary N) is 2. The Morgan fingerprint density at radius 3 is 2.47 bits per heavy atom. The van der Waals surface area contributed by atoms with Crippen molar-refractivity contribution in [3.8, 4) is 0 Å². The van der Waals surface area contributed by atoms with Crippen LogP contribution in [0.3, 0.4) is 0 Å². The molecular weight excluding hydrogens is 538 g/mol. The third kappa shape index (κ3) is 11.1. The summed E-state index contributed by atoms with van der Waals surface area (Å²) < 4.78 is 25.4. The highest BCUT2D eigenvalue weighted by Crippen LogP contribution is 2.50. The number of hydrogen-bond acceptors (Lipinski definition) is 9. The summed E-state index contributed by atoms with van der Waals surface area (Å²) in [5.41, 5.74) is 5.36. The number of hydrogen-bond donors (Lipinski definition) is 5. The van der Waals surface area contributed by atoms with Crippen LogP contribution in [0.15, 0.2) is 0 Å². The maximum atomic E-state index is 13.2. The molecular formula is C17H29Cl2N4O9PS. The normalized spacial score (nSPS) is 22.1. The minimum atomic E-state index is -3.44. The molecule has 17 heteroatoms. The topological polar surface area (TPSA) is 198 Å². The summed E-state index contributed by atoms with van der Waals surface area (Å²) in [6.07, 6.45) is -1.50. The fourth-order valence-corrected chi connectivity index (χ4v) is 6.88. The number of halogens is 2. The average Bonchev–Trinajstić information content (AvgIpc) is 2.78. The number of amides is 1. The summed E-state index contributed by atoms with van der Waals surface area (Å²) in [7, 11) is -3.44. The molecule has 1 heterocycles. The summed E-state index contributed by atoms with van der Waals surface area (Å²) >= 11 is 12.7. The monoisotopic (exact) mass is 566 g/mol. The van der Waals surface area contributed by atoms with E-state index in [1.165, 1.54) is 4.67 Å². The molecule has 196 valence electrons. The molecule has 0 bridgehead atoms. The van der Waals surface area contributed by atoms with Crippen LogP contribution in [-0.2, 0) is 33.0 Å². The maximum Gasteiger partial charge on any atom is 0.344 e. The summed E-state index contributed by atoms with van der Waals surface area (Å²) in [4.78, 5) is 46.1. The largest absolute Gasteiger partial charge is 0.480 e. The predicted octanol–water partition coefficient (Wildman–Crippen LogP) is 0.248. The fraction of sp³-hybridized carbons (Fsp3) is 0.765. The van der Waals surface area contributed by atoms with Crippen molar-refractivity contribution in [3.05, 3.63) is 0 Å². The molecule has 1 amide bonds. The standard InChI is InChI=1S/C17H29Cl2N4O9PS/c18-4-6-23(7-5-19)33(30)22-13(3-8-31-33)34-10-12(16(27)21-9-14(24)25)32-15(26)2-1-11(20)17(28)29/h11-13H,1-10,20H2,(H,21,27)(H,22,30)(H,24,25)(H,28,29)/t11-,12-,13?,33?/m0/s1. The van der Waals surface area contributed by atoms with Crippen LogP contribution in [-0.4, -0.2) is 100.0 Å². The van der Waals surface area contributed by atoms with E-state index >= 15 is 0 Å². The maximum absolute atomic E-state index is 13.2. The van der Waals surface area contributed by atoms with Gasteiger partial charge in [-0.05, 0) is 12.8 Å². The highest BCUT2D eigenvalue weighted by atomic mass is 35.5. The van der Waals surface area contributed by atoms with Gasteiger partial charge >= 0.3 is 25.6 Å². The van der Waals surface area contributed by atoms with Gasteiger partial charge in [0, 0.05) is 37.0 Å². The first-order valence-electron chi connectivity index (χ1n) is 10.2. The number of aliphatic carboxylic acids is 2. The summed E-state index contributed by atoms with van der Waals surface area (Å²) in [5.74, 6) is -3.96. The van der Waals surface area contributed by atoms with Crippen LogP contribution in [0.4, 0.5) is 0 Å². The molecule has 1 fully saturated rings. The van der Waals surface area contributed by atoms with Gasteiger partial charge in [0.2, 0.25) is 0 Å². The molecule has 0 saturated carbocycles. The van der Waals surface area contributed by atoms with Crippen LogP contribution < -0.4 is 16.1 Å². The number of ether oxygens (including phenoxy) is 1. The van der Waals surface area contributed by atoms with Crippen molar-refractivity contribution in [3.63, 3.8) is 0 Å². The number of esters is 1. The number of carboxylic acid groups (broad SMARTS) is 2. The lowest BCUT2D eigenvalue weighted by atomic mass is 10.2. The Morgan fingerprint density at radius 1 is 1.26 bits per heavy atom. The quantitative estimate of drug-likeness (QED) is 0.0967. The van der Waals surface area contributed by atoms with Gasteiger partial charge in [-0.15, -0.1) is 35.0 Å². The molecule has 0 aliphatic carbocycles. The number of carbonyl (C=O) groups is 4. The van der Waals surface area contributed by atoms with E-state index in [0.29, 0.717) is 6.42 Å². The number of carbonyl (C=O) groups excluding carboxylic acids is 2. The van der Waals surface area contributed by atoms with Crippen molar-refractivity contribution in [2.45, 2.75) is 36.8 Å². The zero-order valence-corrected chi connectivity index (χ0v) is 21.4. The highest BCUT2D eigenvalue weighted by molar-refractivity contribution is 8.00. The lowest BCUT2D eigenvalue weighted by molar-refractivity contribution is -0.155. The Hall–Kier alpha value is -1.12. The smallest absolute Gasteiger partial charge is 0.344 e. The zero-order chi connectivity index (χ0) is 25.7. The van der Waals surface area contributed by atoms with Crippen LogP contribution >= 0.6 is 42.6 Å². The first kappa shape index (κ1) is 30.9. The van der Waals surface area contributed by atoms with Crippen molar-refractivity contribution >= 4 is 66.4 Å². The number of carboxylic acids is 2. The van der Waals surface area contributed by atoms with E-state index < -0.39 is 55.5 Å². The van der Waals surface area contributed by atoms with Crippen molar-refractivity contribution in [2.24, 2.45) is 5.73 Å². The molecule has 6 N–H and O–H groups in total. The fourth-order valence-electron chi connectivity index (χ4n) is 2.68. The van der Waals surface area contributed by atoms with Crippen LogP contribution in [0.1, 0.15) is 19.3 Å². The van der Waals surface area contributed by atoms with Crippen molar-refractivity contribution in [2.75, 3.05) is 43.8 Å². The van der Waals surface area contributed by atoms with E-state index in [2.05, 4.69) is 10.4 Å². The molecule has 0 spiro atoms. The molecule has 1 saturated heterocycles. The second-order valence-corrected chi connectivity index (χ2v) is 11.1. The van der Waals surface area contributed by atoms with Gasteiger partial charge in [0.15, 0.2) is 6.10 Å². The average molecular weight is 567 g/mol. The molecule has 0 aromatic carbocycles. The first-order valence-corrected chi connectivity index (χ1v) is 13.9. The molecule has 4 atom stereocenters. The molecule has 34 heavy (non-hydrogen) atoms. The van der Waals surface area contributed by atoms with Crippen LogP contribution in [0.5, 0.6) is 0 Å². The van der Waals surface area contributed by atoms with E-state index in [4.69, 9.17) is 48.4 Å². The van der Waals surface area contributed by atoms with Crippen LogP contribution in [0.2, 0.25) is 0 Å². The number of alkyl halides is 2. The number of nitrogens with zero attached hydrogens (tertiary/aromatic N) is 1. The third-order valence-electron chi connectivity index (χ3n) is 4.42. The molecule has 1 aliphatic heterocycles. The van der Waals surface area contributed by atoms with E-state index in [9.17, 15) is 23.7 Å². The predicted molar refractivity (Wildman–Crippen MR) is 126 cm³/mol. The van der Waals surface area contributed by atoms with Gasteiger partial charge in [-0.1, -0.05) is 0 Å². The molecule has 2 unspecified atom stereocenters. The Kier molecular flexibility index (Phi) is 14.4. The highest BCUT2D eigenvalue weighted by Gasteiger charge is 2.38. The van der Waals surface area contributed by atoms with Gasteiger partial charge in [0.05, 0.1) is 12.0 Å². The minimum absolute atomic E-state index is 0.0924. The summed E-state index contributed by atoms with van der Waals surface area (Å²) in [6, 6.07) is -1.27. The van der Waals surface area contributed by atoms with Crippen LogP contribution in [0, 0.1) is 0 Å². The second-order valence-electron chi connectivity index (χ2n) is 7.00. The third-order valence-corrected chi connectivity index (χ3v) is 8.50. The summed E-state index contributed by atoms with van der Waals surface area (Å²) in [6.45, 7) is 0.0161. The number of rotatable bonds is 16. The van der Waals surface area contributed by atoms with Gasteiger partial charge in [0.1, 0.15) is 12.6 Å². The van der Waals surface area contributed by atoms with Crippen molar-refractivity contribution in [1.29, 1.82) is 0 Å². The van der Waals surface area contributed by atoms with Gasteiger partial charge in [-0.2, -0.15) is 0 Å². The van der Waals surface area contributed by atoms with E-state index in [1.807, 2.05) is 0 Å². The molecule has 0 aromatic rings. The van der Waals surface area contributed by atoms with Gasteiger partial charge in [0.25, 0.3) is 5.91 Å². The van der Waals surface area contributed by atoms with Crippen molar-refractivity contribution < 1.29 is 43.2 Å². The van der Waals surface area contributed by atoms with E-state index in [-0.39, 0.29) is 50.1 Å². The molecule has 0 aromatic heterocycles.